The Bertz CT molecular complexity index is 1490. The van der Waals surface area contributed by atoms with E-state index in [4.69, 9.17) is 26.1 Å². The lowest BCUT2D eigenvalue weighted by Crippen LogP contribution is -2.39. The summed E-state index contributed by atoms with van der Waals surface area (Å²) in [7, 11) is 3.20. The van der Waals surface area contributed by atoms with Crippen LogP contribution in [0.25, 0.3) is 22.2 Å². The van der Waals surface area contributed by atoms with Crippen molar-refractivity contribution in [2.24, 2.45) is 7.05 Å². The third kappa shape index (κ3) is 4.33. The summed E-state index contributed by atoms with van der Waals surface area (Å²) in [4.78, 5) is 28.8. The summed E-state index contributed by atoms with van der Waals surface area (Å²) >= 11 is 5.97. The van der Waals surface area contributed by atoms with Gasteiger partial charge >= 0.3 is 0 Å². The fourth-order valence-corrected chi connectivity index (χ4v) is 4.37. The Hall–Kier alpha value is -3.56. The molecule has 1 unspecified atom stereocenters. The molecular formula is C25H23ClFN5O3. The molecule has 0 radical (unpaired) electrons. The molecule has 0 N–H and O–H groups in total. The molecule has 1 aliphatic heterocycles. The fraction of sp³-hybridized carbons (Fsp3) is 0.280. The van der Waals surface area contributed by atoms with Gasteiger partial charge in [0.2, 0.25) is 5.88 Å². The fourth-order valence-electron chi connectivity index (χ4n) is 4.22. The monoisotopic (exact) mass is 495 g/mol. The van der Waals surface area contributed by atoms with Crippen molar-refractivity contribution in [2.75, 3.05) is 31.7 Å². The van der Waals surface area contributed by atoms with Gasteiger partial charge in [0.15, 0.2) is 0 Å². The van der Waals surface area contributed by atoms with Crippen LogP contribution >= 0.6 is 11.6 Å². The second kappa shape index (κ2) is 9.24. The van der Waals surface area contributed by atoms with E-state index in [1.54, 1.807) is 39.4 Å². The second-order valence-electron chi connectivity index (χ2n) is 8.31. The van der Waals surface area contributed by atoms with Gasteiger partial charge in [0, 0.05) is 49.1 Å². The first-order valence-electron chi connectivity index (χ1n) is 11.1. The predicted molar refractivity (Wildman–Crippen MR) is 132 cm³/mol. The standard InChI is InChI=1S/C25H23ClFN5O3/c1-14-29-19-12-21(32-8-9-35-20(13-32)15-6-7-28-22(10-15)34-3)30-24(23(19)25(33)31(14)2)17-5-4-16(26)11-18(17)27/h4-7,10-12,20H,8-9,13H2,1-3H3. The van der Waals surface area contributed by atoms with Crippen LogP contribution in [0.2, 0.25) is 5.02 Å². The molecular weight excluding hydrogens is 473 g/mol. The molecule has 3 aromatic heterocycles. The van der Waals surface area contributed by atoms with E-state index in [1.807, 2.05) is 17.0 Å². The van der Waals surface area contributed by atoms with E-state index >= 15 is 0 Å². The molecule has 10 heteroatoms. The van der Waals surface area contributed by atoms with Crippen LogP contribution in [0.3, 0.4) is 0 Å². The van der Waals surface area contributed by atoms with Crippen LogP contribution in [-0.4, -0.2) is 46.3 Å². The Morgan fingerprint density at radius 3 is 2.80 bits per heavy atom. The zero-order valence-corrected chi connectivity index (χ0v) is 20.2. The zero-order valence-electron chi connectivity index (χ0n) is 19.5. The summed E-state index contributed by atoms with van der Waals surface area (Å²) in [5.74, 6) is 1.07. The molecule has 5 rings (SSSR count). The Morgan fingerprint density at radius 2 is 2.03 bits per heavy atom. The van der Waals surface area contributed by atoms with Gasteiger partial charge < -0.3 is 14.4 Å². The largest absolute Gasteiger partial charge is 0.481 e. The van der Waals surface area contributed by atoms with Gasteiger partial charge in [0.05, 0.1) is 30.3 Å². The van der Waals surface area contributed by atoms with Gasteiger partial charge in [-0.3, -0.25) is 9.36 Å². The van der Waals surface area contributed by atoms with E-state index in [9.17, 15) is 9.18 Å². The Morgan fingerprint density at radius 1 is 1.20 bits per heavy atom. The third-order valence-corrected chi connectivity index (χ3v) is 6.42. The number of fused-ring (bicyclic) bond motifs is 1. The number of halogens is 2. The molecule has 1 fully saturated rings. The van der Waals surface area contributed by atoms with Gasteiger partial charge in [-0.25, -0.2) is 19.3 Å². The zero-order chi connectivity index (χ0) is 24.7. The molecule has 180 valence electrons. The molecule has 4 aromatic rings. The second-order valence-corrected chi connectivity index (χ2v) is 8.74. The van der Waals surface area contributed by atoms with E-state index in [-0.39, 0.29) is 33.3 Å². The van der Waals surface area contributed by atoms with Crippen molar-refractivity contribution in [3.05, 3.63) is 75.2 Å². The average molecular weight is 496 g/mol. The summed E-state index contributed by atoms with van der Waals surface area (Å²) < 4.78 is 27.7. The van der Waals surface area contributed by atoms with Gasteiger partial charge in [-0.15, -0.1) is 0 Å². The van der Waals surface area contributed by atoms with E-state index in [0.717, 1.165) is 5.56 Å². The van der Waals surface area contributed by atoms with E-state index in [2.05, 4.69) is 9.97 Å². The Kier molecular flexibility index (Phi) is 6.12. The van der Waals surface area contributed by atoms with E-state index < -0.39 is 5.82 Å². The molecule has 1 atom stereocenters. The number of ether oxygens (including phenoxy) is 2. The number of benzene rings is 1. The van der Waals surface area contributed by atoms with E-state index in [0.29, 0.717) is 42.7 Å². The lowest BCUT2D eigenvalue weighted by atomic mass is 10.1. The first-order chi connectivity index (χ1) is 16.9. The van der Waals surface area contributed by atoms with Crippen LogP contribution < -0.4 is 15.2 Å². The van der Waals surface area contributed by atoms with Crippen molar-refractivity contribution in [3.63, 3.8) is 0 Å². The first kappa shape index (κ1) is 23.2. The van der Waals surface area contributed by atoms with Crippen molar-refractivity contribution in [3.8, 4) is 17.1 Å². The third-order valence-electron chi connectivity index (χ3n) is 6.19. The average Bonchev–Trinajstić information content (AvgIpc) is 2.87. The topological polar surface area (TPSA) is 82.4 Å². The number of aryl methyl sites for hydroxylation is 1. The summed E-state index contributed by atoms with van der Waals surface area (Å²) in [6, 6.07) is 9.82. The highest BCUT2D eigenvalue weighted by molar-refractivity contribution is 6.30. The molecule has 1 saturated heterocycles. The number of pyridine rings is 2. The summed E-state index contributed by atoms with van der Waals surface area (Å²) in [5.41, 5.74) is 1.50. The molecule has 0 aliphatic carbocycles. The Labute approximate surface area is 205 Å². The number of hydrogen-bond donors (Lipinski definition) is 0. The van der Waals surface area contributed by atoms with Crippen LogP contribution in [0.15, 0.2) is 47.4 Å². The summed E-state index contributed by atoms with van der Waals surface area (Å²) in [6.07, 6.45) is 1.43. The van der Waals surface area contributed by atoms with E-state index in [1.165, 1.54) is 16.7 Å². The highest BCUT2D eigenvalue weighted by Crippen LogP contribution is 2.33. The molecule has 1 aliphatic rings. The number of hydrogen-bond acceptors (Lipinski definition) is 7. The number of anilines is 1. The SMILES string of the molecule is COc1cc(C2CN(c3cc4nc(C)n(C)c(=O)c4c(-c4ccc(Cl)cc4F)n3)CCO2)ccn1. The van der Waals surface area contributed by atoms with Gasteiger partial charge in [-0.05, 0) is 36.8 Å². The van der Waals surface area contributed by atoms with Gasteiger partial charge in [0.25, 0.3) is 5.56 Å². The number of rotatable bonds is 4. The lowest BCUT2D eigenvalue weighted by molar-refractivity contribution is 0.0393. The minimum atomic E-state index is -0.560. The summed E-state index contributed by atoms with van der Waals surface area (Å²) in [6.45, 7) is 3.29. The van der Waals surface area contributed by atoms with Crippen molar-refractivity contribution in [1.29, 1.82) is 0 Å². The van der Waals surface area contributed by atoms with Crippen LogP contribution in [0, 0.1) is 12.7 Å². The maximum atomic E-state index is 15.0. The normalized spacial score (nSPS) is 16.0. The molecule has 0 bridgehead atoms. The Balaban J connectivity index is 1.64. The lowest BCUT2D eigenvalue weighted by Gasteiger charge is -2.34. The number of methoxy groups -OCH3 is 1. The van der Waals surface area contributed by atoms with Crippen LogP contribution in [0.5, 0.6) is 5.88 Å². The molecule has 8 nitrogen and oxygen atoms in total. The van der Waals surface area contributed by atoms with Gasteiger partial charge in [-0.1, -0.05) is 11.6 Å². The van der Waals surface area contributed by atoms with Crippen molar-refractivity contribution in [2.45, 2.75) is 13.0 Å². The van der Waals surface area contributed by atoms with Crippen LogP contribution in [-0.2, 0) is 11.8 Å². The quantitative estimate of drug-likeness (QED) is 0.422. The minimum Gasteiger partial charge on any atom is -0.481 e. The maximum absolute atomic E-state index is 15.0. The van der Waals surface area contributed by atoms with Gasteiger partial charge in [0.1, 0.15) is 23.6 Å². The molecule has 0 saturated carbocycles. The van der Waals surface area contributed by atoms with Crippen molar-refractivity contribution >= 4 is 28.3 Å². The highest BCUT2D eigenvalue weighted by Gasteiger charge is 2.26. The molecule has 1 aromatic carbocycles. The van der Waals surface area contributed by atoms with Gasteiger partial charge in [-0.2, -0.15) is 0 Å². The molecule has 35 heavy (non-hydrogen) atoms. The first-order valence-corrected chi connectivity index (χ1v) is 11.4. The molecule has 0 amide bonds. The van der Waals surface area contributed by atoms with Crippen LogP contribution in [0.1, 0.15) is 17.5 Å². The smallest absolute Gasteiger partial charge is 0.263 e. The summed E-state index contributed by atoms with van der Waals surface area (Å²) in [5, 5.41) is 0.518. The molecule has 4 heterocycles. The minimum absolute atomic E-state index is 0.188. The number of morpholine rings is 1. The maximum Gasteiger partial charge on any atom is 0.263 e. The van der Waals surface area contributed by atoms with Crippen LogP contribution in [0.4, 0.5) is 10.2 Å². The van der Waals surface area contributed by atoms with Crippen molar-refractivity contribution < 1.29 is 13.9 Å². The molecule has 0 spiro atoms. The highest BCUT2D eigenvalue weighted by atomic mass is 35.5. The number of aromatic nitrogens is 4. The predicted octanol–water partition coefficient (Wildman–Crippen LogP) is 4.08. The van der Waals surface area contributed by atoms with Crippen molar-refractivity contribution in [1.82, 2.24) is 19.5 Å². The number of nitrogens with zero attached hydrogens (tertiary/aromatic N) is 5.